The number of carbonyl (C=O) groups excluding carboxylic acids is 1. The molecule has 174 valence electrons. The lowest BCUT2D eigenvalue weighted by molar-refractivity contribution is -0.115. The molecule has 0 unspecified atom stereocenters. The summed E-state index contributed by atoms with van der Waals surface area (Å²) in [6.07, 6.45) is 4.12. The number of allylic oxidation sites excluding steroid dienone is 3. The number of rotatable bonds is 7. The highest BCUT2D eigenvalue weighted by atomic mass is 32.2. The molecule has 0 saturated heterocycles. The quantitative estimate of drug-likeness (QED) is 0.630. The van der Waals surface area contributed by atoms with Crippen LogP contribution in [0.15, 0.2) is 80.7 Å². The van der Waals surface area contributed by atoms with Gasteiger partial charge >= 0.3 is 0 Å². The zero-order valence-electron chi connectivity index (χ0n) is 18.3. The Kier molecular flexibility index (Phi) is 6.75. The number of hydrogen-bond acceptors (Lipinski definition) is 8. The number of methoxy groups -OCH3 is 2. The molecule has 2 aromatic rings. The Labute approximate surface area is 192 Å². The normalized spacial score (nSPS) is 15.1. The van der Waals surface area contributed by atoms with E-state index >= 15 is 0 Å². The monoisotopic (exact) mass is 490 g/mol. The van der Waals surface area contributed by atoms with Crippen LogP contribution in [-0.4, -0.2) is 48.9 Å². The van der Waals surface area contributed by atoms with Crippen LogP contribution in [0.4, 0.5) is 0 Å². The van der Waals surface area contributed by atoms with Crippen LogP contribution in [0, 0.1) is 0 Å². The molecular formula is C22H22N2O7S2. The van der Waals surface area contributed by atoms with Crippen LogP contribution in [0.25, 0.3) is 0 Å². The van der Waals surface area contributed by atoms with E-state index in [-0.39, 0.29) is 32.7 Å². The highest BCUT2D eigenvalue weighted by Gasteiger charge is 2.29. The first kappa shape index (κ1) is 24.2. The van der Waals surface area contributed by atoms with Crippen molar-refractivity contribution < 1.29 is 31.1 Å². The molecule has 0 saturated carbocycles. The van der Waals surface area contributed by atoms with Crippen molar-refractivity contribution in [3.8, 4) is 11.5 Å². The number of aliphatic imine (C=N–C) groups is 1. The molecule has 9 nitrogen and oxygen atoms in total. The maximum Gasteiger partial charge on any atom is 0.283 e. The molecule has 33 heavy (non-hydrogen) atoms. The number of carbonyl (C=O) groups is 1. The van der Waals surface area contributed by atoms with E-state index < -0.39 is 25.8 Å². The second-order valence-electron chi connectivity index (χ2n) is 6.95. The van der Waals surface area contributed by atoms with Gasteiger partial charge in [0.15, 0.2) is 9.84 Å². The minimum atomic E-state index is -4.34. The average molecular weight is 491 g/mol. The topological polar surface area (TPSA) is 128 Å². The molecule has 11 heteroatoms. The number of amides is 1. The van der Waals surface area contributed by atoms with E-state index in [0.717, 1.165) is 6.26 Å². The molecule has 0 fully saturated rings. The summed E-state index contributed by atoms with van der Waals surface area (Å²) in [5.74, 6) is -0.694. The Balaban J connectivity index is 1.99. The molecule has 0 atom stereocenters. The maximum atomic E-state index is 12.9. The molecule has 1 N–H and O–H groups in total. The van der Waals surface area contributed by atoms with Gasteiger partial charge < -0.3 is 9.47 Å². The molecule has 1 heterocycles. The van der Waals surface area contributed by atoms with Gasteiger partial charge in [0.1, 0.15) is 22.1 Å². The van der Waals surface area contributed by atoms with E-state index in [1.54, 1.807) is 31.2 Å². The van der Waals surface area contributed by atoms with Crippen LogP contribution in [0.5, 0.6) is 11.5 Å². The van der Waals surface area contributed by atoms with Crippen molar-refractivity contribution in [2.45, 2.75) is 16.7 Å². The predicted molar refractivity (Wildman–Crippen MR) is 123 cm³/mol. The van der Waals surface area contributed by atoms with Gasteiger partial charge in [-0.25, -0.2) is 26.6 Å². The Morgan fingerprint density at radius 3 is 2.30 bits per heavy atom. The van der Waals surface area contributed by atoms with Crippen LogP contribution >= 0.6 is 0 Å². The second-order valence-corrected chi connectivity index (χ2v) is 10.6. The third-order valence-corrected chi connectivity index (χ3v) is 7.28. The van der Waals surface area contributed by atoms with Crippen LogP contribution in [-0.2, 0) is 24.7 Å². The van der Waals surface area contributed by atoms with Gasteiger partial charge in [-0.15, -0.1) is 0 Å². The van der Waals surface area contributed by atoms with Crippen molar-refractivity contribution in [1.29, 1.82) is 0 Å². The summed E-state index contributed by atoms with van der Waals surface area (Å²) in [5.41, 5.74) is 0.851. The number of sulfone groups is 1. The van der Waals surface area contributed by atoms with E-state index in [1.807, 2.05) is 4.72 Å². The van der Waals surface area contributed by atoms with Crippen molar-refractivity contribution >= 4 is 31.5 Å². The van der Waals surface area contributed by atoms with Gasteiger partial charge in [0.05, 0.1) is 24.8 Å². The van der Waals surface area contributed by atoms with Crippen molar-refractivity contribution in [2.75, 3.05) is 20.5 Å². The van der Waals surface area contributed by atoms with Crippen molar-refractivity contribution in [3.63, 3.8) is 0 Å². The summed E-state index contributed by atoms with van der Waals surface area (Å²) in [6, 6.07) is 10.4. The van der Waals surface area contributed by atoms with E-state index in [2.05, 4.69) is 4.99 Å². The van der Waals surface area contributed by atoms with Crippen molar-refractivity contribution in [2.24, 2.45) is 4.99 Å². The first-order valence-corrected chi connectivity index (χ1v) is 12.9. The van der Waals surface area contributed by atoms with Gasteiger partial charge in [0, 0.05) is 17.9 Å². The molecule has 1 aliphatic heterocycles. The summed E-state index contributed by atoms with van der Waals surface area (Å²) in [7, 11) is -5.23. The summed E-state index contributed by atoms with van der Waals surface area (Å²) < 4.78 is 62.3. The zero-order chi connectivity index (χ0) is 24.4. The number of hydrogen-bond donors (Lipinski definition) is 1. The minimum absolute atomic E-state index is 0.0249. The van der Waals surface area contributed by atoms with Gasteiger partial charge in [-0.3, -0.25) is 4.79 Å². The number of benzene rings is 2. The first-order chi connectivity index (χ1) is 15.5. The van der Waals surface area contributed by atoms with Crippen molar-refractivity contribution in [1.82, 2.24) is 4.72 Å². The molecule has 0 bridgehead atoms. The van der Waals surface area contributed by atoms with Crippen molar-refractivity contribution in [3.05, 3.63) is 71.5 Å². The summed E-state index contributed by atoms with van der Waals surface area (Å²) in [6.45, 7) is 1.70. The molecule has 0 aliphatic carbocycles. The highest BCUT2D eigenvalue weighted by molar-refractivity contribution is 7.91. The van der Waals surface area contributed by atoms with Gasteiger partial charge in [0.2, 0.25) is 0 Å². The standard InChI is InChI=1S/C22H22N2O7S2/c1-5-14-12-17(23-21(14)16-8-6-7-9-19(16)32(4,26)27)22(25)24-33(28,29)20-13-15(30-2)10-11-18(20)31-3/h5-13H,1-4H3,(H,24,25)/b14-5+. The Bertz CT molecular complexity index is 1420. The van der Waals surface area contributed by atoms with E-state index in [1.165, 1.54) is 44.6 Å². The minimum Gasteiger partial charge on any atom is -0.497 e. The summed E-state index contributed by atoms with van der Waals surface area (Å²) in [4.78, 5) is 16.8. The van der Waals surface area contributed by atoms with E-state index in [0.29, 0.717) is 11.1 Å². The molecule has 3 rings (SSSR count). The van der Waals surface area contributed by atoms with Crippen LogP contribution < -0.4 is 14.2 Å². The summed E-state index contributed by atoms with van der Waals surface area (Å²) in [5, 5.41) is 0. The molecule has 0 radical (unpaired) electrons. The molecule has 0 aromatic heterocycles. The summed E-state index contributed by atoms with van der Waals surface area (Å²) >= 11 is 0. The molecule has 1 aliphatic rings. The largest absolute Gasteiger partial charge is 0.497 e. The van der Waals surface area contributed by atoms with E-state index in [4.69, 9.17) is 9.47 Å². The lowest BCUT2D eigenvalue weighted by Crippen LogP contribution is -2.31. The maximum absolute atomic E-state index is 12.9. The predicted octanol–water partition coefficient (Wildman–Crippen LogP) is 2.25. The van der Waals surface area contributed by atoms with E-state index in [9.17, 15) is 21.6 Å². The number of sulfonamides is 1. The Morgan fingerprint density at radius 2 is 1.70 bits per heavy atom. The Hall–Kier alpha value is -3.44. The lowest BCUT2D eigenvalue weighted by atomic mass is 10.0. The van der Waals surface area contributed by atoms with Crippen LogP contribution in [0.2, 0.25) is 0 Å². The molecular weight excluding hydrogens is 468 g/mol. The fraction of sp³-hybridized carbons (Fsp3) is 0.182. The molecule has 0 spiro atoms. The number of nitrogens with zero attached hydrogens (tertiary/aromatic N) is 1. The highest BCUT2D eigenvalue weighted by Crippen LogP contribution is 2.29. The fourth-order valence-electron chi connectivity index (χ4n) is 3.19. The smallest absolute Gasteiger partial charge is 0.283 e. The van der Waals surface area contributed by atoms with Crippen LogP contribution in [0.3, 0.4) is 0 Å². The van der Waals surface area contributed by atoms with Gasteiger partial charge in [-0.1, -0.05) is 24.3 Å². The fourth-order valence-corrected chi connectivity index (χ4v) is 5.23. The number of nitrogens with one attached hydrogen (secondary N) is 1. The first-order valence-electron chi connectivity index (χ1n) is 9.57. The SMILES string of the molecule is C/C=C1\C=C(C(=O)NS(=O)(=O)c2cc(OC)ccc2OC)N=C1c1ccccc1S(C)(=O)=O. The molecule has 2 aromatic carbocycles. The van der Waals surface area contributed by atoms with Gasteiger partial charge in [0.25, 0.3) is 15.9 Å². The van der Waals surface area contributed by atoms with Gasteiger partial charge in [-0.05, 0) is 36.8 Å². The average Bonchev–Trinajstić information content (AvgIpc) is 3.22. The lowest BCUT2D eigenvalue weighted by Gasteiger charge is -2.12. The third-order valence-electron chi connectivity index (χ3n) is 4.77. The number of ether oxygens (including phenoxy) is 2. The molecule has 1 amide bonds. The zero-order valence-corrected chi connectivity index (χ0v) is 20.0. The van der Waals surface area contributed by atoms with Gasteiger partial charge in [-0.2, -0.15) is 0 Å². The Morgan fingerprint density at radius 1 is 1.00 bits per heavy atom. The van der Waals surface area contributed by atoms with Crippen LogP contribution in [0.1, 0.15) is 12.5 Å². The second kappa shape index (κ2) is 9.20. The third kappa shape index (κ3) is 4.99.